The maximum absolute atomic E-state index is 12.9. The lowest BCUT2D eigenvalue weighted by atomic mass is 9.99. The van der Waals surface area contributed by atoms with E-state index in [9.17, 15) is 8.42 Å². The van der Waals surface area contributed by atoms with Crippen LogP contribution in [0.2, 0.25) is 0 Å². The van der Waals surface area contributed by atoms with Crippen LogP contribution in [0.5, 0.6) is 0 Å². The third-order valence-corrected chi connectivity index (χ3v) is 8.61. The molecule has 8 nitrogen and oxygen atoms in total. The standard InChI is InChI=1S/C20H28N6O2S/c1-14-4-3-5-26(8-14)20-21-7-16-13-29(27,28)18-12-25(11-17(18)19(16)23-20)10-15-6-22-24(2)9-15/h6-7,9,14,17-18H,3-5,8,10-13H2,1-2H3/t14?,17-,18+/m0/s1. The SMILES string of the molecule is CC1CCCN(c2ncc3c(n2)[C@H]2CN(Cc4cnn(C)c4)C[C@H]2S(=O)(=O)C3)C1. The summed E-state index contributed by atoms with van der Waals surface area (Å²) in [5.74, 6) is 1.38. The molecule has 2 aromatic heterocycles. The number of hydrogen-bond acceptors (Lipinski definition) is 7. The molecule has 9 heteroatoms. The Morgan fingerprint density at radius 1 is 1.21 bits per heavy atom. The van der Waals surface area contributed by atoms with E-state index in [1.807, 2.05) is 19.4 Å². The molecule has 0 radical (unpaired) electrons. The number of aromatic nitrogens is 4. The van der Waals surface area contributed by atoms with E-state index in [2.05, 4.69) is 26.8 Å². The van der Waals surface area contributed by atoms with Gasteiger partial charge in [0.15, 0.2) is 9.84 Å². The van der Waals surface area contributed by atoms with Gasteiger partial charge in [0.1, 0.15) is 0 Å². The summed E-state index contributed by atoms with van der Waals surface area (Å²) in [6.45, 7) is 6.19. The maximum Gasteiger partial charge on any atom is 0.225 e. The number of fused-ring (bicyclic) bond motifs is 3. The first kappa shape index (κ1) is 19.0. The summed E-state index contributed by atoms with van der Waals surface area (Å²) in [6, 6.07) is 0. The Morgan fingerprint density at radius 2 is 2.07 bits per heavy atom. The van der Waals surface area contributed by atoms with Crippen LogP contribution in [0.4, 0.5) is 5.95 Å². The van der Waals surface area contributed by atoms with Gasteiger partial charge in [-0.25, -0.2) is 18.4 Å². The van der Waals surface area contributed by atoms with E-state index >= 15 is 0 Å². The average Bonchev–Trinajstić information content (AvgIpc) is 3.28. The predicted molar refractivity (Wildman–Crippen MR) is 110 cm³/mol. The summed E-state index contributed by atoms with van der Waals surface area (Å²) >= 11 is 0. The number of piperidine rings is 1. The molecule has 3 atom stereocenters. The molecular formula is C20H28N6O2S. The summed E-state index contributed by atoms with van der Waals surface area (Å²) < 4.78 is 27.7. The van der Waals surface area contributed by atoms with Crippen LogP contribution in [-0.4, -0.2) is 64.5 Å². The van der Waals surface area contributed by atoms with Crippen molar-refractivity contribution in [1.82, 2.24) is 24.6 Å². The maximum atomic E-state index is 12.9. The van der Waals surface area contributed by atoms with Gasteiger partial charge in [-0.3, -0.25) is 9.58 Å². The molecule has 3 aliphatic heterocycles. The van der Waals surface area contributed by atoms with E-state index in [0.29, 0.717) is 25.6 Å². The molecule has 0 spiro atoms. The highest BCUT2D eigenvalue weighted by Gasteiger charge is 2.47. The summed E-state index contributed by atoms with van der Waals surface area (Å²) in [7, 11) is -1.30. The van der Waals surface area contributed by atoms with Gasteiger partial charge in [-0.05, 0) is 18.8 Å². The number of sulfone groups is 1. The number of likely N-dealkylation sites (tertiary alicyclic amines) is 1. The Balaban J connectivity index is 1.43. The van der Waals surface area contributed by atoms with Crippen LogP contribution in [0, 0.1) is 5.92 Å². The summed E-state index contributed by atoms with van der Waals surface area (Å²) in [4.78, 5) is 14.0. The second kappa shape index (κ2) is 7.05. The van der Waals surface area contributed by atoms with Crippen molar-refractivity contribution in [3.8, 4) is 0 Å². The molecule has 5 rings (SSSR count). The van der Waals surface area contributed by atoms with Gasteiger partial charge in [-0.2, -0.15) is 5.10 Å². The van der Waals surface area contributed by atoms with Crippen molar-refractivity contribution in [2.24, 2.45) is 13.0 Å². The van der Waals surface area contributed by atoms with E-state index in [0.717, 1.165) is 42.3 Å². The topological polar surface area (TPSA) is 84.2 Å². The minimum Gasteiger partial charge on any atom is -0.341 e. The molecule has 0 aromatic carbocycles. The van der Waals surface area contributed by atoms with Crippen LogP contribution in [0.3, 0.4) is 0 Å². The lowest BCUT2D eigenvalue weighted by Crippen LogP contribution is -2.38. The number of rotatable bonds is 3. The minimum atomic E-state index is -3.20. The Labute approximate surface area is 171 Å². The zero-order valence-electron chi connectivity index (χ0n) is 17.0. The van der Waals surface area contributed by atoms with E-state index in [1.165, 1.54) is 6.42 Å². The highest BCUT2D eigenvalue weighted by molar-refractivity contribution is 7.91. The fraction of sp³-hybridized carbons (Fsp3) is 0.650. The molecule has 0 bridgehead atoms. The van der Waals surface area contributed by atoms with Gasteiger partial charge in [0.2, 0.25) is 5.95 Å². The zero-order chi connectivity index (χ0) is 20.2. The molecule has 5 heterocycles. The van der Waals surface area contributed by atoms with Gasteiger partial charge in [0.05, 0.1) is 22.9 Å². The van der Waals surface area contributed by atoms with Crippen molar-refractivity contribution in [2.75, 3.05) is 31.1 Å². The third kappa shape index (κ3) is 3.54. The van der Waals surface area contributed by atoms with Crippen LogP contribution in [-0.2, 0) is 29.2 Å². The van der Waals surface area contributed by atoms with E-state index in [1.54, 1.807) is 10.9 Å². The minimum absolute atomic E-state index is 0.0565. The highest BCUT2D eigenvalue weighted by atomic mass is 32.2. The molecular weight excluding hydrogens is 388 g/mol. The number of aryl methyl sites for hydroxylation is 1. The van der Waals surface area contributed by atoms with Crippen LogP contribution >= 0.6 is 0 Å². The van der Waals surface area contributed by atoms with E-state index < -0.39 is 9.84 Å². The van der Waals surface area contributed by atoms with E-state index in [4.69, 9.17) is 4.98 Å². The molecule has 2 fully saturated rings. The van der Waals surface area contributed by atoms with Gasteiger partial charge in [-0.1, -0.05) is 6.92 Å². The van der Waals surface area contributed by atoms with Gasteiger partial charge < -0.3 is 4.90 Å². The van der Waals surface area contributed by atoms with Gasteiger partial charge in [0.25, 0.3) is 0 Å². The van der Waals surface area contributed by atoms with Gasteiger partial charge in [0, 0.05) is 69.2 Å². The Morgan fingerprint density at radius 3 is 2.83 bits per heavy atom. The highest BCUT2D eigenvalue weighted by Crippen LogP contribution is 2.40. The largest absolute Gasteiger partial charge is 0.341 e. The molecule has 0 aliphatic carbocycles. The van der Waals surface area contributed by atoms with Gasteiger partial charge >= 0.3 is 0 Å². The van der Waals surface area contributed by atoms with Crippen molar-refractivity contribution >= 4 is 15.8 Å². The molecule has 0 saturated carbocycles. The normalized spacial score (nSPS) is 28.9. The summed E-state index contributed by atoms with van der Waals surface area (Å²) in [6.07, 6.45) is 7.99. The van der Waals surface area contributed by atoms with Crippen molar-refractivity contribution in [1.29, 1.82) is 0 Å². The Bertz CT molecular complexity index is 1020. The fourth-order valence-electron chi connectivity index (χ4n) is 5.11. The second-order valence-electron chi connectivity index (χ2n) is 8.94. The lowest BCUT2D eigenvalue weighted by molar-refractivity contribution is 0.326. The fourth-order valence-corrected chi connectivity index (χ4v) is 7.13. The van der Waals surface area contributed by atoms with Crippen molar-refractivity contribution in [3.05, 3.63) is 35.4 Å². The quantitative estimate of drug-likeness (QED) is 0.747. The number of nitrogens with zero attached hydrogens (tertiary/aromatic N) is 6. The second-order valence-corrected chi connectivity index (χ2v) is 11.2. The Kier molecular flexibility index (Phi) is 4.62. The molecule has 3 aliphatic rings. The van der Waals surface area contributed by atoms with E-state index in [-0.39, 0.29) is 16.9 Å². The average molecular weight is 417 g/mol. The zero-order valence-corrected chi connectivity index (χ0v) is 17.8. The monoisotopic (exact) mass is 416 g/mol. The molecule has 0 N–H and O–H groups in total. The summed E-state index contributed by atoms with van der Waals surface area (Å²) in [5.41, 5.74) is 2.83. The van der Waals surface area contributed by atoms with Crippen LogP contribution in [0.25, 0.3) is 0 Å². The van der Waals surface area contributed by atoms with Crippen molar-refractivity contribution < 1.29 is 8.42 Å². The third-order valence-electron chi connectivity index (χ3n) is 6.50. The van der Waals surface area contributed by atoms with Crippen LogP contribution in [0.15, 0.2) is 18.6 Å². The number of anilines is 1. The molecule has 2 saturated heterocycles. The van der Waals surface area contributed by atoms with Crippen LogP contribution in [0.1, 0.15) is 42.5 Å². The van der Waals surface area contributed by atoms with Crippen molar-refractivity contribution in [2.45, 2.75) is 43.2 Å². The first-order valence-electron chi connectivity index (χ1n) is 10.4. The summed E-state index contributed by atoms with van der Waals surface area (Å²) in [5, 5.41) is 3.85. The molecule has 1 unspecified atom stereocenters. The van der Waals surface area contributed by atoms with Crippen LogP contribution < -0.4 is 4.90 Å². The molecule has 2 aromatic rings. The molecule has 29 heavy (non-hydrogen) atoms. The smallest absolute Gasteiger partial charge is 0.225 e. The van der Waals surface area contributed by atoms with Gasteiger partial charge in [-0.15, -0.1) is 0 Å². The predicted octanol–water partition coefficient (Wildman–Crippen LogP) is 1.34. The first-order chi connectivity index (χ1) is 13.9. The van der Waals surface area contributed by atoms with Crippen molar-refractivity contribution in [3.63, 3.8) is 0 Å². The molecule has 156 valence electrons. The molecule has 0 amide bonds. The first-order valence-corrected chi connectivity index (χ1v) is 12.1. The lowest BCUT2D eigenvalue weighted by Gasteiger charge is -2.32. The Hall–Kier alpha value is -2.00. The number of hydrogen-bond donors (Lipinski definition) is 0.